The fourth-order valence-corrected chi connectivity index (χ4v) is 3.74. The lowest BCUT2D eigenvalue weighted by molar-refractivity contribution is 0.354. The van der Waals surface area contributed by atoms with Crippen molar-refractivity contribution in [3.63, 3.8) is 0 Å². The number of aryl methyl sites for hydroxylation is 1. The summed E-state index contributed by atoms with van der Waals surface area (Å²) in [6.07, 6.45) is 0. The number of aromatic amines is 1. The fraction of sp³-hybridized carbons (Fsp3) is 0.167. The summed E-state index contributed by atoms with van der Waals surface area (Å²) >= 11 is 0. The van der Waals surface area contributed by atoms with Gasteiger partial charge in [0, 0.05) is 27.8 Å². The van der Waals surface area contributed by atoms with E-state index in [4.69, 9.17) is 9.47 Å². The quantitative estimate of drug-likeness (QED) is 0.435. The molecule has 0 radical (unpaired) electrons. The maximum absolute atomic E-state index is 13.4. The Morgan fingerprint density at radius 2 is 1.62 bits per heavy atom. The highest BCUT2D eigenvalue weighted by atomic mass is 19.1. The van der Waals surface area contributed by atoms with Crippen LogP contribution in [0.2, 0.25) is 0 Å². The van der Waals surface area contributed by atoms with Crippen molar-refractivity contribution in [1.82, 2.24) is 4.98 Å². The third-order valence-corrected chi connectivity index (χ3v) is 5.13. The van der Waals surface area contributed by atoms with Crippen molar-refractivity contribution in [3.05, 3.63) is 89.4 Å². The number of hydrogen-bond donors (Lipinski definition) is 2. The van der Waals surface area contributed by atoms with Gasteiger partial charge in [0.15, 0.2) is 11.5 Å². The summed E-state index contributed by atoms with van der Waals surface area (Å²) in [7, 11) is 3.25. The molecule has 0 aliphatic carbocycles. The largest absolute Gasteiger partial charge is 0.493 e. The van der Waals surface area contributed by atoms with E-state index in [0.29, 0.717) is 11.5 Å². The normalized spacial score (nSPS) is 12.0. The van der Waals surface area contributed by atoms with E-state index in [0.717, 1.165) is 33.4 Å². The second kappa shape index (κ2) is 7.87. The van der Waals surface area contributed by atoms with Crippen LogP contribution in [0.4, 0.5) is 10.1 Å². The molecule has 2 N–H and O–H groups in total. The van der Waals surface area contributed by atoms with Crippen LogP contribution in [0.1, 0.15) is 22.9 Å². The minimum atomic E-state index is -0.263. The lowest BCUT2D eigenvalue weighted by Crippen LogP contribution is -2.13. The molecule has 0 bridgehead atoms. The first-order valence-corrected chi connectivity index (χ1v) is 9.42. The molecular weight excluding hydrogens is 367 g/mol. The molecule has 1 aromatic heterocycles. The molecular formula is C24H23FN2O2. The van der Waals surface area contributed by atoms with Crippen molar-refractivity contribution in [2.45, 2.75) is 13.0 Å². The topological polar surface area (TPSA) is 46.3 Å². The van der Waals surface area contributed by atoms with Crippen LogP contribution in [0.5, 0.6) is 11.5 Å². The van der Waals surface area contributed by atoms with E-state index in [1.165, 1.54) is 12.1 Å². The number of H-pyrrole nitrogens is 1. The summed E-state index contributed by atoms with van der Waals surface area (Å²) in [5, 5.41) is 4.70. The average Bonchev–Trinajstić information content (AvgIpc) is 3.08. The second-order valence-electron chi connectivity index (χ2n) is 6.91. The predicted octanol–water partition coefficient (Wildman–Crippen LogP) is 5.83. The summed E-state index contributed by atoms with van der Waals surface area (Å²) in [6.45, 7) is 2.06. The lowest BCUT2D eigenvalue weighted by Gasteiger charge is -2.23. The highest BCUT2D eigenvalue weighted by Crippen LogP contribution is 2.38. The van der Waals surface area contributed by atoms with Gasteiger partial charge >= 0.3 is 0 Å². The van der Waals surface area contributed by atoms with Gasteiger partial charge in [0.2, 0.25) is 0 Å². The molecule has 1 unspecified atom stereocenters. The van der Waals surface area contributed by atoms with Crippen LogP contribution in [0.15, 0.2) is 66.7 Å². The van der Waals surface area contributed by atoms with Crippen LogP contribution in [-0.2, 0) is 0 Å². The molecule has 0 saturated carbocycles. The van der Waals surface area contributed by atoms with Gasteiger partial charge in [0.1, 0.15) is 5.82 Å². The van der Waals surface area contributed by atoms with Gasteiger partial charge < -0.3 is 19.8 Å². The zero-order chi connectivity index (χ0) is 20.4. The van der Waals surface area contributed by atoms with E-state index in [-0.39, 0.29) is 11.9 Å². The van der Waals surface area contributed by atoms with Crippen molar-refractivity contribution in [2.24, 2.45) is 0 Å². The van der Waals surface area contributed by atoms with Crippen molar-refractivity contribution in [2.75, 3.05) is 19.5 Å². The zero-order valence-electron chi connectivity index (χ0n) is 16.6. The van der Waals surface area contributed by atoms with Crippen LogP contribution in [0, 0.1) is 12.7 Å². The molecule has 1 atom stereocenters. The van der Waals surface area contributed by atoms with Crippen LogP contribution in [0.25, 0.3) is 10.9 Å². The molecule has 4 aromatic rings. The molecule has 0 saturated heterocycles. The number of methoxy groups -OCH3 is 2. The highest BCUT2D eigenvalue weighted by Gasteiger charge is 2.22. The Hall–Kier alpha value is -3.47. The molecule has 3 aromatic carbocycles. The van der Waals surface area contributed by atoms with Gasteiger partial charge in [-0.05, 0) is 55.0 Å². The van der Waals surface area contributed by atoms with Gasteiger partial charge in [0.05, 0.1) is 20.3 Å². The Bertz CT molecular complexity index is 1140. The highest BCUT2D eigenvalue weighted by molar-refractivity contribution is 5.86. The van der Waals surface area contributed by atoms with Gasteiger partial charge in [-0.1, -0.05) is 24.3 Å². The molecule has 1 heterocycles. The van der Waals surface area contributed by atoms with Crippen LogP contribution in [-0.4, -0.2) is 19.2 Å². The van der Waals surface area contributed by atoms with Gasteiger partial charge in [-0.3, -0.25) is 0 Å². The standard InChI is InChI=1S/C24H23FN2O2/c1-15-23(19-6-4-5-7-20(19)26-15)24(27-18-11-9-17(25)10-12-18)16-8-13-21(28-2)22(14-16)29-3/h4-14,24,26-27H,1-3H3. The van der Waals surface area contributed by atoms with Gasteiger partial charge in [-0.25, -0.2) is 4.39 Å². The summed E-state index contributed by atoms with van der Waals surface area (Å²) < 4.78 is 24.3. The number of benzene rings is 3. The number of nitrogens with one attached hydrogen (secondary N) is 2. The lowest BCUT2D eigenvalue weighted by atomic mass is 9.95. The summed E-state index contributed by atoms with van der Waals surface area (Å²) in [6, 6.07) is 20.3. The van der Waals surface area contributed by atoms with E-state index in [2.05, 4.69) is 29.4 Å². The Morgan fingerprint density at radius 1 is 0.897 bits per heavy atom. The summed E-state index contributed by atoms with van der Waals surface area (Å²) in [4.78, 5) is 3.47. The molecule has 0 amide bonds. The number of fused-ring (bicyclic) bond motifs is 1. The summed E-state index contributed by atoms with van der Waals surface area (Å²) in [5.41, 5.74) is 5.12. The number of halogens is 1. The molecule has 0 spiro atoms. The SMILES string of the molecule is COc1ccc(C(Nc2ccc(F)cc2)c2c(C)[nH]c3ccccc23)cc1OC. The maximum atomic E-state index is 13.4. The molecule has 29 heavy (non-hydrogen) atoms. The van der Waals surface area contributed by atoms with E-state index >= 15 is 0 Å². The smallest absolute Gasteiger partial charge is 0.161 e. The molecule has 0 aliphatic rings. The molecule has 0 fully saturated rings. The van der Waals surface area contributed by atoms with E-state index in [1.807, 2.05) is 30.3 Å². The first-order chi connectivity index (χ1) is 14.1. The average molecular weight is 390 g/mol. The van der Waals surface area contributed by atoms with Crippen molar-refractivity contribution >= 4 is 16.6 Å². The molecule has 4 nitrogen and oxygen atoms in total. The summed E-state index contributed by atoms with van der Waals surface area (Å²) in [5.74, 6) is 1.07. The zero-order valence-corrected chi connectivity index (χ0v) is 16.6. The first kappa shape index (κ1) is 18.9. The minimum absolute atomic E-state index is 0.170. The van der Waals surface area contributed by atoms with Crippen LogP contribution in [0.3, 0.4) is 0 Å². The number of para-hydroxylation sites is 1. The number of aromatic nitrogens is 1. The maximum Gasteiger partial charge on any atom is 0.161 e. The van der Waals surface area contributed by atoms with Crippen molar-refractivity contribution in [3.8, 4) is 11.5 Å². The number of hydrogen-bond acceptors (Lipinski definition) is 3. The van der Waals surface area contributed by atoms with E-state index in [1.54, 1.807) is 26.4 Å². The Labute approximate surface area is 169 Å². The Balaban J connectivity index is 1.87. The van der Waals surface area contributed by atoms with Gasteiger partial charge in [-0.15, -0.1) is 0 Å². The van der Waals surface area contributed by atoms with Gasteiger partial charge in [0.25, 0.3) is 0 Å². The predicted molar refractivity (Wildman–Crippen MR) is 114 cm³/mol. The fourth-order valence-electron chi connectivity index (χ4n) is 3.74. The monoisotopic (exact) mass is 390 g/mol. The minimum Gasteiger partial charge on any atom is -0.493 e. The molecule has 4 rings (SSSR count). The first-order valence-electron chi connectivity index (χ1n) is 9.42. The van der Waals surface area contributed by atoms with Crippen LogP contribution >= 0.6 is 0 Å². The molecule has 5 heteroatoms. The van der Waals surface area contributed by atoms with Crippen molar-refractivity contribution in [1.29, 1.82) is 0 Å². The third-order valence-electron chi connectivity index (χ3n) is 5.13. The number of anilines is 1. The third kappa shape index (κ3) is 3.63. The van der Waals surface area contributed by atoms with Gasteiger partial charge in [-0.2, -0.15) is 0 Å². The van der Waals surface area contributed by atoms with Crippen molar-refractivity contribution < 1.29 is 13.9 Å². The molecule has 0 aliphatic heterocycles. The second-order valence-corrected chi connectivity index (χ2v) is 6.91. The Morgan fingerprint density at radius 3 is 2.34 bits per heavy atom. The number of rotatable bonds is 6. The molecule has 148 valence electrons. The van der Waals surface area contributed by atoms with E-state index in [9.17, 15) is 4.39 Å². The van der Waals surface area contributed by atoms with Crippen LogP contribution < -0.4 is 14.8 Å². The van der Waals surface area contributed by atoms with E-state index < -0.39 is 0 Å². The number of ether oxygens (including phenoxy) is 2. The Kier molecular flexibility index (Phi) is 5.12.